The van der Waals surface area contributed by atoms with Crippen LogP contribution in [0, 0.1) is 11.8 Å². The lowest BCUT2D eigenvalue weighted by atomic mass is 9.96. The first kappa shape index (κ1) is 14.0. The number of amides is 1. The minimum atomic E-state index is 0.302. The van der Waals surface area contributed by atoms with Crippen molar-refractivity contribution in [3.8, 4) is 5.75 Å². The summed E-state index contributed by atoms with van der Waals surface area (Å²) >= 11 is 0. The molecule has 1 saturated carbocycles. The molecule has 1 saturated heterocycles. The molecule has 1 aromatic rings. The Balaban J connectivity index is 1.70. The second-order valence-electron chi connectivity index (χ2n) is 6.17. The average Bonchev–Trinajstić information content (AvgIpc) is 3.23. The van der Waals surface area contributed by atoms with Gasteiger partial charge in [-0.05, 0) is 43.7 Å². The smallest absolute Gasteiger partial charge is 0.225 e. The van der Waals surface area contributed by atoms with Gasteiger partial charge >= 0.3 is 0 Å². The Kier molecular flexibility index (Phi) is 3.66. The second-order valence-corrected chi connectivity index (χ2v) is 6.17. The maximum atomic E-state index is 12.1. The van der Waals surface area contributed by atoms with E-state index in [1.54, 1.807) is 13.2 Å². The van der Waals surface area contributed by atoms with Crippen LogP contribution < -0.4 is 16.2 Å². The van der Waals surface area contributed by atoms with Crippen molar-refractivity contribution >= 4 is 17.3 Å². The van der Waals surface area contributed by atoms with Crippen LogP contribution in [0.3, 0.4) is 0 Å². The van der Waals surface area contributed by atoms with E-state index in [0.29, 0.717) is 29.1 Å². The number of nitrogens with two attached hydrogens (primary N) is 2. The number of nitrogen functional groups attached to an aromatic ring is 2. The molecule has 0 radical (unpaired) electrons. The lowest BCUT2D eigenvalue weighted by Gasteiger charge is -2.18. The van der Waals surface area contributed by atoms with E-state index in [2.05, 4.69) is 0 Å². The van der Waals surface area contributed by atoms with Crippen molar-refractivity contribution in [1.29, 1.82) is 0 Å². The maximum Gasteiger partial charge on any atom is 0.225 e. The van der Waals surface area contributed by atoms with Gasteiger partial charge in [0.2, 0.25) is 5.91 Å². The van der Waals surface area contributed by atoms with Crippen LogP contribution in [0.25, 0.3) is 0 Å². The van der Waals surface area contributed by atoms with Gasteiger partial charge in [0.05, 0.1) is 18.5 Å². The Morgan fingerprint density at radius 2 is 2.10 bits per heavy atom. The van der Waals surface area contributed by atoms with Gasteiger partial charge in [0, 0.05) is 24.6 Å². The van der Waals surface area contributed by atoms with E-state index >= 15 is 0 Å². The van der Waals surface area contributed by atoms with Crippen molar-refractivity contribution in [2.45, 2.75) is 25.7 Å². The average molecular weight is 289 g/mol. The molecule has 0 aromatic heterocycles. The van der Waals surface area contributed by atoms with Crippen molar-refractivity contribution in [3.63, 3.8) is 0 Å². The fourth-order valence-electron chi connectivity index (χ4n) is 3.14. The predicted octanol–water partition coefficient (Wildman–Crippen LogP) is 1.66. The van der Waals surface area contributed by atoms with E-state index in [0.717, 1.165) is 50.1 Å². The van der Waals surface area contributed by atoms with Crippen LogP contribution in [0.4, 0.5) is 11.4 Å². The molecule has 2 aliphatic rings. The summed E-state index contributed by atoms with van der Waals surface area (Å²) in [4.78, 5) is 14.1. The summed E-state index contributed by atoms with van der Waals surface area (Å²) in [5, 5.41) is 0. The van der Waals surface area contributed by atoms with E-state index in [-0.39, 0.29) is 0 Å². The summed E-state index contributed by atoms with van der Waals surface area (Å²) < 4.78 is 5.40. The van der Waals surface area contributed by atoms with Gasteiger partial charge in [-0.2, -0.15) is 0 Å². The molecule has 114 valence electrons. The Hall–Kier alpha value is -1.91. The standard InChI is InChI=1S/C16H23N3O2/c1-21-14-5-4-13(17)15(18)12(14)8-10-6-7-19(9-10)16(20)11-2-3-11/h4-5,10-11H,2-3,6-9,17-18H2,1H3/t10-/m1/s1. The lowest BCUT2D eigenvalue weighted by Crippen LogP contribution is -2.30. The normalized spacial score (nSPS) is 21.6. The third kappa shape index (κ3) is 2.77. The molecule has 1 heterocycles. The molecule has 2 fully saturated rings. The van der Waals surface area contributed by atoms with E-state index in [1.807, 2.05) is 11.0 Å². The molecule has 1 aliphatic heterocycles. The number of carbonyl (C=O) groups excluding carboxylic acids is 1. The monoisotopic (exact) mass is 289 g/mol. The first-order valence-corrected chi connectivity index (χ1v) is 7.59. The second kappa shape index (κ2) is 5.47. The molecule has 0 bridgehead atoms. The van der Waals surface area contributed by atoms with Crippen molar-refractivity contribution < 1.29 is 9.53 Å². The predicted molar refractivity (Wildman–Crippen MR) is 82.9 cm³/mol. The van der Waals surface area contributed by atoms with Crippen LogP contribution in [-0.2, 0) is 11.2 Å². The molecule has 4 N–H and O–H groups in total. The van der Waals surface area contributed by atoms with Gasteiger partial charge in [-0.25, -0.2) is 0 Å². The van der Waals surface area contributed by atoms with Gasteiger partial charge in [-0.1, -0.05) is 0 Å². The summed E-state index contributed by atoms with van der Waals surface area (Å²) in [6, 6.07) is 3.64. The van der Waals surface area contributed by atoms with Gasteiger partial charge in [-0.3, -0.25) is 4.79 Å². The summed E-state index contributed by atoms with van der Waals surface area (Å²) in [5.74, 6) is 1.86. The Labute approximate surface area is 125 Å². The molecule has 1 atom stereocenters. The fraction of sp³-hybridized carbons (Fsp3) is 0.562. The van der Waals surface area contributed by atoms with Crippen LogP contribution in [-0.4, -0.2) is 31.0 Å². The minimum absolute atomic E-state index is 0.302. The number of nitrogens with zero attached hydrogens (tertiary/aromatic N) is 1. The van der Waals surface area contributed by atoms with Crippen LogP contribution in [0.15, 0.2) is 12.1 Å². The molecule has 1 aliphatic carbocycles. The molecule has 1 aromatic carbocycles. The van der Waals surface area contributed by atoms with Gasteiger partial charge in [0.25, 0.3) is 0 Å². The molecule has 5 heteroatoms. The van der Waals surface area contributed by atoms with Crippen molar-refractivity contribution in [1.82, 2.24) is 4.90 Å². The van der Waals surface area contributed by atoms with Crippen LogP contribution >= 0.6 is 0 Å². The number of benzene rings is 1. The number of ether oxygens (including phenoxy) is 1. The maximum absolute atomic E-state index is 12.1. The Bertz CT molecular complexity index is 555. The summed E-state index contributed by atoms with van der Waals surface area (Å²) in [6.07, 6.45) is 3.97. The first-order chi connectivity index (χ1) is 10.1. The number of rotatable bonds is 4. The number of carbonyl (C=O) groups is 1. The van der Waals surface area contributed by atoms with Gasteiger partial charge < -0.3 is 21.1 Å². The van der Waals surface area contributed by atoms with Crippen LogP contribution in [0.5, 0.6) is 5.75 Å². The summed E-state index contributed by atoms with van der Waals surface area (Å²) in [6.45, 7) is 1.69. The molecular formula is C16H23N3O2. The molecular weight excluding hydrogens is 266 g/mol. The topological polar surface area (TPSA) is 81.6 Å². The highest BCUT2D eigenvalue weighted by Gasteiger charge is 2.36. The number of hydrogen-bond acceptors (Lipinski definition) is 4. The van der Waals surface area contributed by atoms with Gasteiger partial charge in [0.15, 0.2) is 0 Å². The molecule has 1 amide bonds. The molecule has 5 nitrogen and oxygen atoms in total. The molecule has 0 unspecified atom stereocenters. The molecule has 3 rings (SSSR count). The summed E-state index contributed by atoms with van der Waals surface area (Å²) in [7, 11) is 1.64. The Morgan fingerprint density at radius 3 is 2.76 bits per heavy atom. The highest BCUT2D eigenvalue weighted by atomic mass is 16.5. The minimum Gasteiger partial charge on any atom is -0.496 e. The fourth-order valence-corrected chi connectivity index (χ4v) is 3.14. The SMILES string of the molecule is COc1ccc(N)c(N)c1C[C@H]1CCN(C(=O)C2CC2)C1. The quantitative estimate of drug-likeness (QED) is 0.826. The van der Waals surface area contributed by atoms with E-state index < -0.39 is 0 Å². The van der Waals surface area contributed by atoms with Crippen molar-refractivity contribution in [3.05, 3.63) is 17.7 Å². The zero-order valence-electron chi connectivity index (χ0n) is 12.5. The van der Waals surface area contributed by atoms with E-state index in [9.17, 15) is 4.79 Å². The van der Waals surface area contributed by atoms with E-state index in [4.69, 9.17) is 16.2 Å². The van der Waals surface area contributed by atoms with Crippen LogP contribution in [0.2, 0.25) is 0 Å². The van der Waals surface area contributed by atoms with Crippen molar-refractivity contribution in [2.24, 2.45) is 11.8 Å². The van der Waals surface area contributed by atoms with Crippen molar-refractivity contribution in [2.75, 3.05) is 31.7 Å². The zero-order chi connectivity index (χ0) is 15.0. The Morgan fingerprint density at radius 1 is 1.33 bits per heavy atom. The third-order valence-electron chi connectivity index (χ3n) is 4.58. The molecule has 0 spiro atoms. The highest BCUT2D eigenvalue weighted by molar-refractivity contribution is 5.81. The van der Waals surface area contributed by atoms with Gasteiger partial charge in [0.1, 0.15) is 5.75 Å². The lowest BCUT2D eigenvalue weighted by molar-refractivity contribution is -0.131. The number of anilines is 2. The number of methoxy groups -OCH3 is 1. The number of hydrogen-bond donors (Lipinski definition) is 2. The first-order valence-electron chi connectivity index (χ1n) is 7.59. The molecule has 21 heavy (non-hydrogen) atoms. The third-order valence-corrected chi connectivity index (χ3v) is 4.58. The highest BCUT2D eigenvalue weighted by Crippen LogP contribution is 2.36. The zero-order valence-corrected chi connectivity index (χ0v) is 12.5. The van der Waals surface area contributed by atoms with E-state index in [1.165, 1.54) is 0 Å². The van der Waals surface area contributed by atoms with Crippen LogP contribution in [0.1, 0.15) is 24.8 Å². The number of likely N-dealkylation sites (tertiary alicyclic amines) is 1. The summed E-state index contributed by atoms with van der Waals surface area (Å²) in [5.41, 5.74) is 14.2. The van der Waals surface area contributed by atoms with Gasteiger partial charge in [-0.15, -0.1) is 0 Å². The largest absolute Gasteiger partial charge is 0.496 e.